The first-order valence-corrected chi connectivity index (χ1v) is 7.08. The second kappa shape index (κ2) is 6.59. The van der Waals surface area contributed by atoms with E-state index in [4.69, 9.17) is 0 Å². The van der Waals surface area contributed by atoms with Crippen molar-refractivity contribution in [2.24, 2.45) is 0 Å². The van der Waals surface area contributed by atoms with E-state index in [1.807, 2.05) is 12.4 Å². The summed E-state index contributed by atoms with van der Waals surface area (Å²) in [5.74, 6) is -0.380. The van der Waals surface area contributed by atoms with Crippen molar-refractivity contribution in [1.29, 1.82) is 0 Å². The Bertz CT molecular complexity index is 539. The van der Waals surface area contributed by atoms with Gasteiger partial charge in [0.1, 0.15) is 5.82 Å². The van der Waals surface area contributed by atoms with E-state index < -0.39 is 0 Å². The first-order chi connectivity index (χ1) is 9.15. The topological polar surface area (TPSA) is 20.3 Å². The summed E-state index contributed by atoms with van der Waals surface area (Å²) in [6, 6.07) is 7.94. The number of Topliss-reactive ketones (excluding diaryl/α,β-unsaturated/α-hetero) is 1. The average Bonchev–Trinajstić information content (AvgIpc) is 2.88. The van der Waals surface area contributed by atoms with Gasteiger partial charge in [0.05, 0.1) is 0 Å². The number of rotatable bonds is 6. The molecule has 0 fully saturated rings. The van der Waals surface area contributed by atoms with E-state index in [1.165, 1.54) is 17.7 Å². The summed E-state index contributed by atoms with van der Waals surface area (Å²) in [7, 11) is 1.98. The minimum absolute atomic E-state index is 0.0170. The molecule has 0 aliphatic carbocycles. The fourth-order valence-corrected chi connectivity index (χ4v) is 2.53. The molecule has 0 radical (unpaired) electrons. The fraction of sp³-hybridized carbons (Fsp3) is 0.267. The van der Waals surface area contributed by atoms with Crippen LogP contribution in [-0.4, -0.2) is 24.3 Å². The number of benzene rings is 1. The molecular weight excluding hydrogens is 261 g/mol. The lowest BCUT2D eigenvalue weighted by atomic mass is 10.1. The van der Waals surface area contributed by atoms with E-state index in [1.54, 1.807) is 23.5 Å². The summed E-state index contributed by atoms with van der Waals surface area (Å²) in [5, 5.41) is 4.14. The average molecular weight is 277 g/mol. The predicted molar refractivity (Wildman–Crippen MR) is 76.0 cm³/mol. The minimum Gasteiger partial charge on any atom is -0.302 e. The monoisotopic (exact) mass is 277 g/mol. The van der Waals surface area contributed by atoms with Crippen molar-refractivity contribution in [1.82, 2.24) is 4.90 Å². The van der Waals surface area contributed by atoms with Crippen LogP contribution in [0.4, 0.5) is 4.39 Å². The number of carbonyl (C=O) groups is 1. The maximum absolute atomic E-state index is 13.0. The van der Waals surface area contributed by atoms with Gasteiger partial charge in [-0.25, -0.2) is 4.39 Å². The summed E-state index contributed by atoms with van der Waals surface area (Å²) in [4.78, 5) is 14.0. The number of nitrogens with zero attached hydrogens (tertiary/aromatic N) is 1. The van der Waals surface area contributed by atoms with Crippen molar-refractivity contribution < 1.29 is 9.18 Å². The zero-order valence-corrected chi connectivity index (χ0v) is 11.6. The van der Waals surface area contributed by atoms with Gasteiger partial charge in [0, 0.05) is 25.1 Å². The zero-order chi connectivity index (χ0) is 13.7. The van der Waals surface area contributed by atoms with Crippen LogP contribution in [0.15, 0.2) is 41.1 Å². The Hall–Kier alpha value is -1.52. The number of halogens is 1. The Balaban J connectivity index is 1.83. The summed E-state index contributed by atoms with van der Waals surface area (Å²) >= 11 is 1.67. The van der Waals surface area contributed by atoms with Crippen molar-refractivity contribution in [2.75, 3.05) is 13.6 Å². The molecular formula is C15H16FNOS. The molecule has 100 valence electrons. The third-order valence-corrected chi connectivity index (χ3v) is 3.63. The first-order valence-electron chi connectivity index (χ1n) is 6.13. The maximum atomic E-state index is 13.0. The van der Waals surface area contributed by atoms with Crippen LogP contribution in [0.3, 0.4) is 0 Å². The van der Waals surface area contributed by atoms with Crippen LogP contribution in [0.2, 0.25) is 0 Å². The lowest BCUT2D eigenvalue weighted by Gasteiger charge is -2.15. The van der Waals surface area contributed by atoms with E-state index in [-0.39, 0.29) is 11.6 Å². The molecule has 19 heavy (non-hydrogen) atoms. The molecule has 0 aliphatic heterocycles. The summed E-state index contributed by atoms with van der Waals surface area (Å²) in [5.41, 5.74) is 1.70. The van der Waals surface area contributed by atoms with E-state index in [9.17, 15) is 9.18 Å². The van der Waals surface area contributed by atoms with Gasteiger partial charge in [0.25, 0.3) is 0 Å². The maximum Gasteiger partial charge on any atom is 0.164 e. The van der Waals surface area contributed by atoms with Crippen LogP contribution >= 0.6 is 11.3 Å². The molecule has 2 rings (SSSR count). The highest BCUT2D eigenvalue weighted by molar-refractivity contribution is 7.07. The van der Waals surface area contributed by atoms with E-state index in [0.29, 0.717) is 18.5 Å². The molecule has 0 saturated heterocycles. The van der Waals surface area contributed by atoms with Crippen LogP contribution in [0.5, 0.6) is 0 Å². The Morgan fingerprint density at radius 2 is 2.21 bits per heavy atom. The molecule has 0 aliphatic rings. The van der Waals surface area contributed by atoms with Gasteiger partial charge in [0.15, 0.2) is 5.78 Å². The molecule has 1 aromatic heterocycles. The van der Waals surface area contributed by atoms with Gasteiger partial charge in [-0.3, -0.25) is 4.79 Å². The van der Waals surface area contributed by atoms with Gasteiger partial charge in [-0.15, -0.1) is 0 Å². The molecule has 0 unspecified atom stereocenters. The van der Waals surface area contributed by atoms with Crippen molar-refractivity contribution >= 4 is 17.1 Å². The highest BCUT2D eigenvalue weighted by Gasteiger charge is 2.08. The van der Waals surface area contributed by atoms with Crippen LogP contribution in [-0.2, 0) is 6.54 Å². The molecule has 0 amide bonds. The fourth-order valence-electron chi connectivity index (χ4n) is 1.87. The van der Waals surface area contributed by atoms with Crippen LogP contribution in [0, 0.1) is 5.82 Å². The third-order valence-electron chi connectivity index (χ3n) is 2.90. The van der Waals surface area contributed by atoms with Gasteiger partial charge in [-0.1, -0.05) is 12.1 Å². The Labute approximate surface area is 116 Å². The van der Waals surface area contributed by atoms with Gasteiger partial charge in [-0.2, -0.15) is 11.3 Å². The van der Waals surface area contributed by atoms with Gasteiger partial charge in [-0.05, 0) is 41.6 Å². The predicted octanol–water partition coefficient (Wildman–Crippen LogP) is 3.59. The van der Waals surface area contributed by atoms with Gasteiger partial charge < -0.3 is 4.90 Å². The Morgan fingerprint density at radius 3 is 2.89 bits per heavy atom. The summed E-state index contributed by atoms with van der Waals surface area (Å²) < 4.78 is 13.0. The highest BCUT2D eigenvalue weighted by Crippen LogP contribution is 2.10. The van der Waals surface area contributed by atoms with E-state index in [2.05, 4.69) is 16.3 Å². The molecule has 4 heteroatoms. The molecule has 0 atom stereocenters. The highest BCUT2D eigenvalue weighted by atomic mass is 32.1. The summed E-state index contributed by atoms with van der Waals surface area (Å²) in [6.45, 7) is 1.51. The number of hydrogen-bond donors (Lipinski definition) is 0. The second-order valence-corrected chi connectivity index (χ2v) is 5.33. The Kier molecular flexibility index (Phi) is 4.82. The lowest BCUT2D eigenvalue weighted by Crippen LogP contribution is -2.21. The number of hydrogen-bond acceptors (Lipinski definition) is 3. The number of thiophene rings is 1. The number of carbonyl (C=O) groups excluding carboxylic acids is 1. The quantitative estimate of drug-likeness (QED) is 0.752. The third kappa shape index (κ3) is 4.26. The minimum atomic E-state index is -0.363. The standard InChI is InChI=1S/C15H16FNOS/c1-17(10-12-6-8-19-11-12)7-5-15(18)13-3-2-4-14(16)9-13/h2-4,6,8-9,11H,5,7,10H2,1H3. The molecule has 0 saturated carbocycles. The smallest absolute Gasteiger partial charge is 0.164 e. The molecule has 2 aromatic rings. The van der Waals surface area contributed by atoms with E-state index >= 15 is 0 Å². The largest absolute Gasteiger partial charge is 0.302 e. The molecule has 0 N–H and O–H groups in total. The van der Waals surface area contributed by atoms with Crippen LogP contribution in [0.1, 0.15) is 22.3 Å². The van der Waals surface area contributed by atoms with Gasteiger partial charge >= 0.3 is 0 Å². The summed E-state index contributed by atoms with van der Waals surface area (Å²) in [6.07, 6.45) is 0.407. The second-order valence-electron chi connectivity index (χ2n) is 4.55. The molecule has 1 aromatic carbocycles. The van der Waals surface area contributed by atoms with Gasteiger partial charge in [0.2, 0.25) is 0 Å². The molecule has 0 spiro atoms. The van der Waals surface area contributed by atoms with Crippen molar-refractivity contribution in [3.8, 4) is 0 Å². The van der Waals surface area contributed by atoms with Crippen molar-refractivity contribution in [2.45, 2.75) is 13.0 Å². The molecule has 1 heterocycles. The first kappa shape index (κ1) is 13.9. The Morgan fingerprint density at radius 1 is 1.37 bits per heavy atom. The molecule has 2 nitrogen and oxygen atoms in total. The zero-order valence-electron chi connectivity index (χ0n) is 10.8. The van der Waals surface area contributed by atoms with Crippen molar-refractivity contribution in [3.63, 3.8) is 0 Å². The number of ketones is 1. The molecule has 0 bridgehead atoms. The van der Waals surface area contributed by atoms with Crippen LogP contribution < -0.4 is 0 Å². The lowest BCUT2D eigenvalue weighted by molar-refractivity contribution is 0.0967. The van der Waals surface area contributed by atoms with Crippen LogP contribution in [0.25, 0.3) is 0 Å². The SMILES string of the molecule is CN(CCC(=O)c1cccc(F)c1)Cc1ccsc1. The van der Waals surface area contributed by atoms with Crippen molar-refractivity contribution in [3.05, 3.63) is 58.0 Å². The normalized spacial score (nSPS) is 10.9. The van der Waals surface area contributed by atoms with E-state index in [0.717, 1.165) is 6.54 Å².